The van der Waals surface area contributed by atoms with E-state index in [0.29, 0.717) is 30.5 Å². The summed E-state index contributed by atoms with van der Waals surface area (Å²) in [4.78, 5) is 22.5. The number of benzene rings is 3. The van der Waals surface area contributed by atoms with E-state index in [4.69, 9.17) is 4.98 Å². The van der Waals surface area contributed by atoms with Crippen molar-refractivity contribution >= 4 is 53.8 Å². The molecule has 1 fully saturated rings. The zero-order valence-electron chi connectivity index (χ0n) is 25.4. The van der Waals surface area contributed by atoms with Crippen molar-refractivity contribution in [1.29, 1.82) is 0 Å². The highest BCUT2D eigenvalue weighted by atomic mass is 32.2. The first-order chi connectivity index (χ1) is 21.7. The molecular weight excluding hydrogens is 621 g/mol. The van der Waals surface area contributed by atoms with E-state index >= 15 is 0 Å². The minimum atomic E-state index is -3.62. The van der Waals surface area contributed by atoms with Gasteiger partial charge in [0.1, 0.15) is 10.0 Å². The Morgan fingerprint density at radius 2 is 1.64 bits per heavy atom. The number of aromatic nitrogens is 1. The van der Waals surface area contributed by atoms with E-state index in [9.17, 15) is 13.2 Å². The molecule has 2 aliphatic heterocycles. The molecule has 232 valence electrons. The van der Waals surface area contributed by atoms with Crippen LogP contribution >= 0.6 is 22.7 Å². The molecule has 4 heterocycles. The van der Waals surface area contributed by atoms with Crippen molar-refractivity contribution in [3.05, 3.63) is 100 Å². The summed E-state index contributed by atoms with van der Waals surface area (Å²) in [5.41, 5.74) is 4.92. The number of sulfonamides is 1. The number of fused-ring (bicyclic) bond motifs is 2. The smallest absolute Gasteiger partial charge is 0.256 e. The lowest BCUT2D eigenvalue weighted by Gasteiger charge is -2.34. The van der Waals surface area contributed by atoms with Crippen LogP contribution in [0.1, 0.15) is 46.6 Å². The van der Waals surface area contributed by atoms with E-state index in [1.807, 2.05) is 24.3 Å². The second-order valence-corrected chi connectivity index (χ2v) is 16.5. The Morgan fingerprint density at radius 3 is 2.38 bits per heavy atom. The molecule has 0 radical (unpaired) electrons. The summed E-state index contributed by atoms with van der Waals surface area (Å²) in [5.74, 6) is 0.377. The van der Waals surface area contributed by atoms with E-state index in [1.54, 1.807) is 51.2 Å². The number of amides is 1. The van der Waals surface area contributed by atoms with Gasteiger partial charge in [0, 0.05) is 48.7 Å². The number of hydrogen-bond acceptors (Lipinski definition) is 7. The Labute approximate surface area is 272 Å². The molecule has 1 amide bonds. The quantitative estimate of drug-likeness (QED) is 0.196. The Hall–Kier alpha value is -3.41. The second kappa shape index (κ2) is 12.4. The largest absolute Gasteiger partial charge is 0.313 e. The zero-order valence-corrected chi connectivity index (χ0v) is 27.9. The van der Waals surface area contributed by atoms with Gasteiger partial charge in [0.15, 0.2) is 0 Å². The highest BCUT2D eigenvalue weighted by molar-refractivity contribution is 7.89. The summed E-state index contributed by atoms with van der Waals surface area (Å²) in [7, 11) is -3.62. The molecule has 0 bridgehead atoms. The normalized spacial score (nSPS) is 19.4. The third-order valence-electron chi connectivity index (χ3n) is 8.71. The number of nitrogens with one attached hydrogen (secondary N) is 1. The van der Waals surface area contributed by atoms with Crippen LogP contribution in [-0.4, -0.2) is 48.1 Å². The Balaban J connectivity index is 1.16. The monoisotopic (exact) mass is 656 g/mol. The number of thiophene rings is 1. The lowest BCUT2D eigenvalue weighted by Crippen LogP contribution is -2.42. The lowest BCUT2D eigenvalue weighted by molar-refractivity contribution is 0.102. The molecular formula is C35H36N4O3S3. The SMILES string of the molecule is C[C@@H]1C[C@H](C)CN(S(=O)(=O)c2ccc(C(=O)Nc3sc4c(c3-c3nc5ccccc5s3)CCN(Cc3ccccc3)C4)cc2)C1. The molecule has 1 saturated heterocycles. The maximum atomic E-state index is 13.6. The van der Waals surface area contributed by atoms with E-state index in [0.717, 1.165) is 58.3 Å². The van der Waals surface area contributed by atoms with Gasteiger partial charge in [0.25, 0.3) is 5.91 Å². The number of nitrogens with zero attached hydrogens (tertiary/aromatic N) is 3. The molecule has 1 N–H and O–H groups in total. The van der Waals surface area contributed by atoms with Crippen LogP contribution in [0.2, 0.25) is 0 Å². The van der Waals surface area contributed by atoms with Crippen LogP contribution in [0.3, 0.4) is 0 Å². The van der Waals surface area contributed by atoms with E-state index in [-0.39, 0.29) is 10.8 Å². The van der Waals surface area contributed by atoms with Crippen LogP contribution in [0, 0.1) is 11.8 Å². The van der Waals surface area contributed by atoms with Crippen molar-refractivity contribution in [2.45, 2.75) is 44.7 Å². The number of carbonyl (C=O) groups excluding carboxylic acids is 1. The van der Waals surface area contributed by atoms with Crippen molar-refractivity contribution in [3.8, 4) is 10.6 Å². The summed E-state index contributed by atoms with van der Waals surface area (Å²) >= 11 is 3.27. The first-order valence-electron chi connectivity index (χ1n) is 15.4. The van der Waals surface area contributed by atoms with Gasteiger partial charge in [-0.2, -0.15) is 4.31 Å². The average Bonchev–Trinajstić information content (AvgIpc) is 3.61. The van der Waals surface area contributed by atoms with Gasteiger partial charge in [-0.15, -0.1) is 22.7 Å². The van der Waals surface area contributed by atoms with Crippen molar-refractivity contribution in [1.82, 2.24) is 14.2 Å². The summed E-state index contributed by atoms with van der Waals surface area (Å²) in [6, 6.07) is 25.0. The highest BCUT2D eigenvalue weighted by Crippen LogP contribution is 2.46. The fourth-order valence-electron chi connectivity index (χ4n) is 6.63. The number of piperidine rings is 1. The minimum Gasteiger partial charge on any atom is -0.313 e. The first-order valence-corrected chi connectivity index (χ1v) is 18.5. The molecule has 2 atom stereocenters. The van der Waals surface area contributed by atoms with Gasteiger partial charge < -0.3 is 5.32 Å². The molecule has 2 aromatic heterocycles. The van der Waals surface area contributed by atoms with Crippen LogP contribution in [-0.2, 0) is 29.5 Å². The first kappa shape index (κ1) is 30.3. The standard InChI is InChI=1S/C35H36N4O3S3/c1-23-18-24(2)20-39(19-23)45(41,42)27-14-12-26(13-15-27)33(40)37-35-32(34-36-29-10-6-7-11-30(29)43-34)28-16-17-38(22-31(28)44-35)21-25-8-4-3-5-9-25/h3-15,23-24H,16-22H2,1-2H3,(H,37,40)/t23-,24+. The summed E-state index contributed by atoms with van der Waals surface area (Å²) in [6.07, 6.45) is 1.90. The van der Waals surface area contributed by atoms with Gasteiger partial charge in [-0.1, -0.05) is 56.3 Å². The fourth-order valence-corrected chi connectivity index (χ4v) is 10.7. The van der Waals surface area contributed by atoms with Gasteiger partial charge in [-0.25, -0.2) is 13.4 Å². The summed E-state index contributed by atoms with van der Waals surface area (Å²) < 4.78 is 29.5. The van der Waals surface area contributed by atoms with Crippen LogP contribution in [0.15, 0.2) is 83.8 Å². The molecule has 0 saturated carbocycles. The van der Waals surface area contributed by atoms with E-state index in [2.05, 4.69) is 54.4 Å². The molecule has 0 unspecified atom stereocenters. The third kappa shape index (κ3) is 6.22. The van der Waals surface area contributed by atoms with Gasteiger partial charge in [0.2, 0.25) is 10.0 Å². The molecule has 10 heteroatoms. The molecule has 45 heavy (non-hydrogen) atoms. The lowest BCUT2D eigenvalue weighted by atomic mass is 9.94. The van der Waals surface area contributed by atoms with Gasteiger partial charge in [-0.05, 0) is 72.2 Å². The van der Waals surface area contributed by atoms with Crippen LogP contribution in [0.5, 0.6) is 0 Å². The molecule has 5 aromatic rings. The number of rotatable bonds is 7. The Morgan fingerprint density at radius 1 is 0.933 bits per heavy atom. The van der Waals surface area contributed by atoms with E-state index in [1.165, 1.54) is 16.0 Å². The van der Waals surface area contributed by atoms with Crippen LogP contribution < -0.4 is 5.32 Å². The molecule has 7 nitrogen and oxygen atoms in total. The predicted molar refractivity (Wildman–Crippen MR) is 183 cm³/mol. The van der Waals surface area contributed by atoms with Gasteiger partial charge >= 0.3 is 0 Å². The maximum Gasteiger partial charge on any atom is 0.256 e. The van der Waals surface area contributed by atoms with Crippen molar-refractivity contribution in [2.24, 2.45) is 11.8 Å². The number of thiazole rings is 1. The van der Waals surface area contributed by atoms with Crippen LogP contribution in [0.25, 0.3) is 20.8 Å². The number of para-hydroxylation sites is 1. The van der Waals surface area contributed by atoms with E-state index < -0.39 is 10.0 Å². The minimum absolute atomic E-state index is 0.223. The third-order valence-corrected chi connectivity index (χ3v) is 12.7. The second-order valence-electron chi connectivity index (χ2n) is 12.4. The summed E-state index contributed by atoms with van der Waals surface area (Å²) in [5, 5.41) is 4.89. The van der Waals surface area contributed by atoms with Crippen molar-refractivity contribution in [3.63, 3.8) is 0 Å². The summed E-state index contributed by atoms with van der Waals surface area (Å²) in [6.45, 7) is 7.84. The van der Waals surface area contributed by atoms with Crippen LogP contribution in [0.4, 0.5) is 5.00 Å². The fraction of sp³-hybridized carbons (Fsp3) is 0.314. The maximum absolute atomic E-state index is 13.6. The average molecular weight is 657 g/mol. The molecule has 3 aromatic carbocycles. The number of hydrogen-bond donors (Lipinski definition) is 1. The van der Waals surface area contributed by atoms with Gasteiger partial charge in [-0.3, -0.25) is 9.69 Å². The Kier molecular flexibility index (Phi) is 8.35. The molecule has 0 spiro atoms. The number of anilines is 1. The van der Waals surface area contributed by atoms with Crippen molar-refractivity contribution < 1.29 is 13.2 Å². The Bertz CT molecular complexity index is 1910. The van der Waals surface area contributed by atoms with Gasteiger partial charge in [0.05, 0.1) is 15.1 Å². The number of carbonyl (C=O) groups is 1. The topological polar surface area (TPSA) is 82.6 Å². The molecule has 7 rings (SSSR count). The molecule has 2 aliphatic rings. The highest BCUT2D eigenvalue weighted by Gasteiger charge is 2.32. The zero-order chi connectivity index (χ0) is 31.1. The molecule has 0 aliphatic carbocycles. The van der Waals surface area contributed by atoms with Crippen molar-refractivity contribution in [2.75, 3.05) is 25.0 Å². The predicted octanol–water partition coefficient (Wildman–Crippen LogP) is 7.50.